The van der Waals surface area contributed by atoms with Crippen molar-refractivity contribution in [3.05, 3.63) is 53.6 Å². The number of likely N-dealkylation sites (N-methyl/N-ethyl adjacent to an activating group) is 1. The summed E-state index contributed by atoms with van der Waals surface area (Å²) in [6, 6.07) is 6.95. The fourth-order valence-electron chi connectivity index (χ4n) is 6.32. The number of likely N-dealkylation sites (tertiary alicyclic amines) is 1. The van der Waals surface area contributed by atoms with Crippen molar-refractivity contribution in [1.29, 1.82) is 0 Å². The first kappa shape index (κ1) is 24.1. The van der Waals surface area contributed by atoms with Crippen LogP contribution in [0.1, 0.15) is 17.7 Å². The number of aliphatic hydroxyl groups is 2. The minimum Gasteiger partial charge on any atom is -0.394 e. The molecule has 1 amide bonds. The number of aliphatic hydroxyl groups excluding tert-OH is 2. The highest BCUT2D eigenvalue weighted by Crippen LogP contribution is 2.46. The first-order valence-corrected chi connectivity index (χ1v) is 12.8. The zero-order valence-corrected chi connectivity index (χ0v) is 21.1. The molecular formula is C28H32FN5O3. The van der Waals surface area contributed by atoms with Crippen molar-refractivity contribution in [3.63, 3.8) is 0 Å². The van der Waals surface area contributed by atoms with Crippen molar-refractivity contribution >= 4 is 28.2 Å². The highest BCUT2D eigenvalue weighted by atomic mass is 19.1. The number of carbonyl (C=O) groups is 1. The summed E-state index contributed by atoms with van der Waals surface area (Å²) in [5.41, 5.74) is 7.31. The summed E-state index contributed by atoms with van der Waals surface area (Å²) in [5, 5.41) is 19.7. The van der Waals surface area contributed by atoms with Gasteiger partial charge in [0.15, 0.2) is 0 Å². The Morgan fingerprint density at radius 1 is 1.30 bits per heavy atom. The normalized spacial score (nSPS) is 21.5. The van der Waals surface area contributed by atoms with Gasteiger partial charge in [-0.05, 0) is 53.7 Å². The van der Waals surface area contributed by atoms with E-state index in [9.17, 15) is 14.3 Å². The van der Waals surface area contributed by atoms with Gasteiger partial charge in [0.2, 0.25) is 5.91 Å². The summed E-state index contributed by atoms with van der Waals surface area (Å²) in [5.74, 6) is 0.515. The maximum atomic E-state index is 14.2. The minimum absolute atomic E-state index is 0.0504. The third kappa shape index (κ3) is 4.21. The number of fused-ring (bicyclic) bond motifs is 3. The molecule has 1 aliphatic carbocycles. The van der Waals surface area contributed by atoms with E-state index >= 15 is 0 Å². The number of nitrogens with one attached hydrogen (secondary N) is 1. The summed E-state index contributed by atoms with van der Waals surface area (Å²) >= 11 is 0. The average molecular weight is 506 g/mol. The van der Waals surface area contributed by atoms with Crippen molar-refractivity contribution < 1.29 is 19.4 Å². The van der Waals surface area contributed by atoms with Crippen molar-refractivity contribution in [1.82, 2.24) is 19.8 Å². The van der Waals surface area contributed by atoms with Crippen molar-refractivity contribution in [2.45, 2.75) is 19.1 Å². The fraction of sp³-hybridized carbons (Fsp3) is 0.429. The maximum absolute atomic E-state index is 14.2. The number of benzene rings is 1. The van der Waals surface area contributed by atoms with Crippen LogP contribution in [0.25, 0.3) is 27.7 Å². The molecule has 0 radical (unpaired) electrons. The number of halogens is 1. The third-order valence-corrected chi connectivity index (χ3v) is 8.12. The van der Waals surface area contributed by atoms with E-state index in [-0.39, 0.29) is 24.9 Å². The monoisotopic (exact) mass is 505 g/mol. The number of hydrogen-bond acceptors (Lipinski definition) is 6. The van der Waals surface area contributed by atoms with Gasteiger partial charge in [-0.15, -0.1) is 0 Å². The lowest BCUT2D eigenvalue weighted by Crippen LogP contribution is -2.41. The molecule has 2 aromatic heterocycles. The molecule has 3 unspecified atom stereocenters. The van der Waals surface area contributed by atoms with Gasteiger partial charge in [-0.3, -0.25) is 9.69 Å². The summed E-state index contributed by atoms with van der Waals surface area (Å²) in [7, 11) is 3.70. The number of hydrogen-bond donors (Lipinski definition) is 3. The lowest BCUT2D eigenvalue weighted by atomic mass is 9.97. The van der Waals surface area contributed by atoms with Crippen molar-refractivity contribution in [3.8, 4) is 11.1 Å². The Hall–Kier alpha value is -3.27. The number of carbonyl (C=O) groups excluding carboxylic acids is 1. The Morgan fingerprint density at radius 3 is 2.92 bits per heavy atom. The number of H-pyrrole nitrogens is 1. The van der Waals surface area contributed by atoms with Gasteiger partial charge in [0.25, 0.3) is 0 Å². The minimum atomic E-state index is -0.917. The van der Waals surface area contributed by atoms with E-state index in [4.69, 9.17) is 5.11 Å². The number of anilines is 1. The summed E-state index contributed by atoms with van der Waals surface area (Å²) in [4.78, 5) is 26.6. The van der Waals surface area contributed by atoms with Crippen LogP contribution in [-0.2, 0) is 11.3 Å². The molecule has 4 heterocycles. The van der Waals surface area contributed by atoms with Gasteiger partial charge in [-0.25, -0.2) is 9.37 Å². The molecule has 3 atom stereocenters. The maximum Gasteiger partial charge on any atom is 0.236 e. The van der Waals surface area contributed by atoms with Crippen LogP contribution in [0.5, 0.6) is 0 Å². The molecule has 3 aromatic rings. The van der Waals surface area contributed by atoms with Crippen LogP contribution < -0.4 is 4.90 Å². The molecule has 194 valence electrons. The molecular weight excluding hydrogens is 473 g/mol. The molecule has 0 bridgehead atoms. The molecule has 8 nitrogen and oxygen atoms in total. The zero-order chi connectivity index (χ0) is 25.8. The highest BCUT2D eigenvalue weighted by Gasteiger charge is 2.38. The average Bonchev–Trinajstić information content (AvgIpc) is 3.52. The Kier molecular flexibility index (Phi) is 6.01. The van der Waals surface area contributed by atoms with Gasteiger partial charge in [-0.2, -0.15) is 0 Å². The number of nitrogens with zero attached hydrogens (tertiary/aromatic N) is 4. The second kappa shape index (κ2) is 9.24. The zero-order valence-electron chi connectivity index (χ0n) is 21.1. The van der Waals surface area contributed by atoms with Gasteiger partial charge < -0.3 is 25.0 Å². The summed E-state index contributed by atoms with van der Waals surface area (Å²) < 4.78 is 14.2. The molecule has 1 fully saturated rings. The van der Waals surface area contributed by atoms with E-state index in [2.05, 4.69) is 25.8 Å². The molecule has 1 aromatic carbocycles. The number of pyridine rings is 1. The number of aromatic amines is 1. The molecule has 2 aliphatic heterocycles. The largest absolute Gasteiger partial charge is 0.394 e. The first-order valence-electron chi connectivity index (χ1n) is 12.8. The van der Waals surface area contributed by atoms with Gasteiger partial charge in [-0.1, -0.05) is 6.08 Å². The van der Waals surface area contributed by atoms with Crippen molar-refractivity contribution in [2.24, 2.45) is 11.8 Å². The molecule has 3 N–H and O–H groups in total. The van der Waals surface area contributed by atoms with Crippen LogP contribution >= 0.6 is 0 Å². The molecule has 3 aliphatic rings. The van der Waals surface area contributed by atoms with E-state index < -0.39 is 6.10 Å². The lowest BCUT2D eigenvalue weighted by Gasteiger charge is -2.23. The van der Waals surface area contributed by atoms with Crippen LogP contribution in [0.2, 0.25) is 0 Å². The standard InChI is InChI=1S/C28H32FN5O3/c1-32-13-23-26-21(22-9-19(29)3-4-24(22)32)5-6-30-28(26)31-27(23)16-7-17-10-34(11-18(17)8-16)14-25(37)33(2)12-20(36)15-35/h3-7,9,17-18,20,35-36H,8,10-15H2,1-2H3,(H,30,31). The fourth-order valence-corrected chi connectivity index (χ4v) is 6.32. The number of aromatic nitrogens is 2. The topological polar surface area (TPSA) is 95.9 Å². The predicted octanol–water partition coefficient (Wildman–Crippen LogP) is 2.47. The summed E-state index contributed by atoms with van der Waals surface area (Å²) in [6.07, 6.45) is 4.15. The third-order valence-electron chi connectivity index (χ3n) is 8.12. The molecule has 0 saturated carbocycles. The van der Waals surface area contributed by atoms with E-state index in [1.165, 1.54) is 22.1 Å². The van der Waals surface area contributed by atoms with E-state index in [0.29, 0.717) is 24.9 Å². The second-order valence-corrected chi connectivity index (χ2v) is 10.7. The Morgan fingerprint density at radius 2 is 2.14 bits per heavy atom. The number of rotatable bonds is 6. The Labute approximate surface area is 215 Å². The lowest BCUT2D eigenvalue weighted by molar-refractivity contribution is -0.132. The molecule has 0 spiro atoms. The molecule has 9 heteroatoms. The first-order chi connectivity index (χ1) is 17.8. The van der Waals surface area contributed by atoms with Gasteiger partial charge in [0.05, 0.1) is 19.3 Å². The van der Waals surface area contributed by atoms with Crippen LogP contribution in [0, 0.1) is 17.7 Å². The predicted molar refractivity (Wildman–Crippen MR) is 140 cm³/mol. The SMILES string of the molecule is CN(CC(O)CO)C(=O)CN1CC2C=C(c3[nH]c4nccc5c4c3CN(C)c3ccc(F)cc3-5)CC2C1. The molecule has 37 heavy (non-hydrogen) atoms. The van der Waals surface area contributed by atoms with Crippen LogP contribution in [0.4, 0.5) is 10.1 Å². The van der Waals surface area contributed by atoms with Crippen LogP contribution in [0.15, 0.2) is 36.5 Å². The quantitative estimate of drug-likeness (QED) is 0.477. The highest BCUT2D eigenvalue weighted by molar-refractivity contribution is 6.02. The second-order valence-electron chi connectivity index (χ2n) is 10.7. The van der Waals surface area contributed by atoms with Crippen LogP contribution in [-0.4, -0.2) is 88.9 Å². The number of amides is 1. The van der Waals surface area contributed by atoms with Gasteiger partial charge >= 0.3 is 0 Å². The van der Waals surface area contributed by atoms with Crippen molar-refractivity contribution in [2.75, 3.05) is 51.8 Å². The van der Waals surface area contributed by atoms with E-state index in [1.807, 2.05) is 19.2 Å². The smallest absolute Gasteiger partial charge is 0.236 e. The molecule has 1 saturated heterocycles. The Balaban J connectivity index is 1.25. The van der Waals surface area contributed by atoms with Gasteiger partial charge in [0.1, 0.15) is 11.5 Å². The van der Waals surface area contributed by atoms with Crippen LogP contribution in [0.3, 0.4) is 0 Å². The number of allylic oxidation sites excluding steroid dienone is 1. The van der Waals surface area contributed by atoms with E-state index in [0.717, 1.165) is 53.1 Å². The van der Waals surface area contributed by atoms with E-state index in [1.54, 1.807) is 19.3 Å². The molecule has 6 rings (SSSR count). The Bertz CT molecular complexity index is 1400. The van der Waals surface area contributed by atoms with Gasteiger partial charge in [0, 0.05) is 74.4 Å². The summed E-state index contributed by atoms with van der Waals surface area (Å²) in [6.45, 7) is 2.45.